The van der Waals surface area contributed by atoms with Crippen molar-refractivity contribution in [3.63, 3.8) is 0 Å². The molecule has 10 heteroatoms. The molecule has 1 aromatic heterocycles. The van der Waals surface area contributed by atoms with Gasteiger partial charge in [0.15, 0.2) is 5.82 Å². The molecule has 0 fully saturated rings. The van der Waals surface area contributed by atoms with E-state index in [0.717, 1.165) is 12.1 Å². The Bertz CT molecular complexity index is 1040. The molecule has 2 aromatic carbocycles. The van der Waals surface area contributed by atoms with Crippen LogP contribution in [0.15, 0.2) is 36.4 Å². The van der Waals surface area contributed by atoms with Crippen LogP contribution in [0.4, 0.5) is 13.6 Å². The Morgan fingerprint density at radius 2 is 2.03 bits per heavy atom. The predicted molar refractivity (Wildman–Crippen MR) is 104 cm³/mol. The standard InChI is InChI=1S/C20H21F2N5O3/c1-4-19-24-25-26-27(19)15-7-13(17-6-5-14(21)9-18(17)22)8-16(10-15)30-20(28)23-12(2)11-29-3/h5-10,12H,4,11H2,1-3H3,(H,23,28). The number of ether oxygens (including phenoxy) is 2. The lowest BCUT2D eigenvalue weighted by Crippen LogP contribution is -2.37. The molecule has 0 aliphatic rings. The van der Waals surface area contributed by atoms with E-state index in [0.29, 0.717) is 30.1 Å². The number of nitrogens with zero attached hydrogens (tertiary/aromatic N) is 4. The first-order chi connectivity index (χ1) is 14.4. The molecule has 0 saturated carbocycles. The van der Waals surface area contributed by atoms with Crippen molar-refractivity contribution in [1.82, 2.24) is 25.5 Å². The summed E-state index contributed by atoms with van der Waals surface area (Å²) in [5.74, 6) is -0.727. The Labute approximate surface area is 171 Å². The van der Waals surface area contributed by atoms with Gasteiger partial charge in [-0.25, -0.2) is 13.6 Å². The Balaban J connectivity index is 2.01. The maximum absolute atomic E-state index is 14.4. The number of rotatable bonds is 7. The van der Waals surface area contributed by atoms with Crippen LogP contribution in [0.3, 0.4) is 0 Å². The van der Waals surface area contributed by atoms with Gasteiger partial charge >= 0.3 is 6.09 Å². The molecule has 1 heterocycles. The average Bonchev–Trinajstić information content (AvgIpc) is 3.16. The van der Waals surface area contributed by atoms with E-state index < -0.39 is 17.7 Å². The third-order valence-corrected chi connectivity index (χ3v) is 4.22. The quantitative estimate of drug-likeness (QED) is 0.634. The van der Waals surface area contributed by atoms with Gasteiger partial charge in [-0.15, -0.1) is 5.10 Å². The first-order valence-corrected chi connectivity index (χ1v) is 9.26. The molecule has 8 nitrogen and oxygen atoms in total. The molecule has 0 bridgehead atoms. The number of methoxy groups -OCH3 is 1. The summed E-state index contributed by atoms with van der Waals surface area (Å²) in [6.07, 6.45) is -0.150. The number of halogens is 2. The number of carbonyl (C=O) groups is 1. The third kappa shape index (κ3) is 4.95. The maximum Gasteiger partial charge on any atom is 0.412 e. The Hall–Kier alpha value is -3.40. The number of nitrogens with one attached hydrogen (secondary N) is 1. The fourth-order valence-corrected chi connectivity index (χ4v) is 2.90. The minimum Gasteiger partial charge on any atom is -0.410 e. The highest BCUT2D eigenvalue weighted by atomic mass is 19.1. The molecule has 3 aromatic rings. The number of aryl methyl sites for hydroxylation is 1. The van der Waals surface area contributed by atoms with Gasteiger partial charge in [0.2, 0.25) is 0 Å². The lowest BCUT2D eigenvalue weighted by atomic mass is 10.0. The number of tetrazole rings is 1. The summed E-state index contributed by atoms with van der Waals surface area (Å²) in [5, 5.41) is 14.2. The van der Waals surface area contributed by atoms with E-state index >= 15 is 0 Å². The van der Waals surface area contributed by atoms with Crippen LogP contribution in [0.2, 0.25) is 0 Å². The normalized spacial score (nSPS) is 11.9. The highest BCUT2D eigenvalue weighted by Crippen LogP contribution is 2.30. The molecule has 0 aliphatic heterocycles. The summed E-state index contributed by atoms with van der Waals surface area (Å²) < 4.78 is 39.6. The molecule has 1 unspecified atom stereocenters. The second-order valence-electron chi connectivity index (χ2n) is 6.59. The highest BCUT2D eigenvalue weighted by Gasteiger charge is 2.16. The van der Waals surface area contributed by atoms with Gasteiger partial charge in [-0.1, -0.05) is 6.92 Å². The van der Waals surface area contributed by atoms with Crippen molar-refractivity contribution in [2.24, 2.45) is 0 Å². The zero-order chi connectivity index (χ0) is 21.7. The van der Waals surface area contributed by atoms with E-state index in [-0.39, 0.29) is 17.4 Å². The van der Waals surface area contributed by atoms with Crippen LogP contribution in [0.25, 0.3) is 16.8 Å². The zero-order valence-corrected chi connectivity index (χ0v) is 16.7. The second kappa shape index (κ2) is 9.40. The van der Waals surface area contributed by atoms with Crippen molar-refractivity contribution in [1.29, 1.82) is 0 Å². The summed E-state index contributed by atoms with van der Waals surface area (Å²) in [4.78, 5) is 12.2. The fraction of sp³-hybridized carbons (Fsp3) is 0.300. The van der Waals surface area contributed by atoms with Crippen LogP contribution >= 0.6 is 0 Å². The minimum atomic E-state index is -0.747. The molecule has 30 heavy (non-hydrogen) atoms. The van der Waals surface area contributed by atoms with Crippen LogP contribution in [-0.4, -0.2) is 46.1 Å². The van der Waals surface area contributed by atoms with E-state index in [9.17, 15) is 13.6 Å². The van der Waals surface area contributed by atoms with E-state index in [4.69, 9.17) is 9.47 Å². The minimum absolute atomic E-state index is 0.141. The summed E-state index contributed by atoms with van der Waals surface area (Å²) >= 11 is 0. The van der Waals surface area contributed by atoms with Gasteiger partial charge in [-0.2, -0.15) is 4.68 Å². The molecule has 3 rings (SSSR count). The number of aromatic nitrogens is 4. The molecule has 158 valence electrons. The van der Waals surface area contributed by atoms with Crippen molar-refractivity contribution >= 4 is 6.09 Å². The van der Waals surface area contributed by atoms with Gasteiger partial charge < -0.3 is 14.8 Å². The molecule has 0 saturated heterocycles. The fourth-order valence-electron chi connectivity index (χ4n) is 2.90. The molecule has 1 amide bonds. The molecule has 1 atom stereocenters. The Morgan fingerprint density at radius 1 is 1.23 bits per heavy atom. The third-order valence-electron chi connectivity index (χ3n) is 4.22. The molecule has 0 spiro atoms. The van der Waals surface area contributed by atoms with Crippen LogP contribution in [-0.2, 0) is 11.2 Å². The zero-order valence-electron chi connectivity index (χ0n) is 16.7. The van der Waals surface area contributed by atoms with Gasteiger partial charge in [0, 0.05) is 31.2 Å². The van der Waals surface area contributed by atoms with Crippen LogP contribution in [0, 0.1) is 11.6 Å². The molecule has 1 N–H and O–H groups in total. The largest absolute Gasteiger partial charge is 0.412 e. The van der Waals surface area contributed by atoms with Crippen LogP contribution < -0.4 is 10.1 Å². The lowest BCUT2D eigenvalue weighted by Gasteiger charge is -2.14. The lowest BCUT2D eigenvalue weighted by molar-refractivity contribution is 0.159. The SMILES string of the molecule is CCc1nnnn1-c1cc(OC(=O)NC(C)COC)cc(-c2ccc(F)cc2F)c1. The van der Waals surface area contributed by atoms with Gasteiger partial charge in [0.05, 0.1) is 18.3 Å². The summed E-state index contributed by atoms with van der Waals surface area (Å²) in [7, 11) is 1.52. The predicted octanol–water partition coefficient (Wildman–Crippen LogP) is 3.29. The van der Waals surface area contributed by atoms with Crippen molar-refractivity contribution in [3.05, 3.63) is 53.9 Å². The van der Waals surface area contributed by atoms with Crippen molar-refractivity contribution in [2.75, 3.05) is 13.7 Å². The van der Waals surface area contributed by atoms with Gasteiger partial charge in [0.1, 0.15) is 17.4 Å². The number of benzene rings is 2. The Kier molecular flexibility index (Phi) is 6.68. The first kappa shape index (κ1) is 21.3. The highest BCUT2D eigenvalue weighted by molar-refractivity contribution is 5.74. The van der Waals surface area contributed by atoms with E-state index in [1.54, 1.807) is 19.1 Å². The van der Waals surface area contributed by atoms with E-state index in [2.05, 4.69) is 20.8 Å². The topological polar surface area (TPSA) is 91.2 Å². The van der Waals surface area contributed by atoms with Crippen molar-refractivity contribution in [3.8, 4) is 22.6 Å². The molecular formula is C20H21F2N5O3. The summed E-state index contributed by atoms with van der Waals surface area (Å²) in [6, 6.07) is 7.65. The number of amides is 1. The Morgan fingerprint density at radius 3 is 2.73 bits per heavy atom. The monoisotopic (exact) mass is 417 g/mol. The van der Waals surface area contributed by atoms with Gasteiger partial charge in [-0.3, -0.25) is 0 Å². The van der Waals surface area contributed by atoms with Gasteiger partial charge in [0.25, 0.3) is 0 Å². The molecular weight excluding hydrogens is 396 g/mol. The molecule has 0 aliphatic carbocycles. The summed E-state index contributed by atoms with van der Waals surface area (Å²) in [5.41, 5.74) is 0.975. The van der Waals surface area contributed by atoms with Crippen LogP contribution in [0.5, 0.6) is 5.75 Å². The maximum atomic E-state index is 14.4. The van der Waals surface area contributed by atoms with E-state index in [1.807, 2.05) is 6.92 Å². The number of carbonyl (C=O) groups excluding carboxylic acids is 1. The van der Waals surface area contributed by atoms with E-state index in [1.165, 1.54) is 23.9 Å². The molecule has 0 radical (unpaired) electrons. The smallest absolute Gasteiger partial charge is 0.410 e. The first-order valence-electron chi connectivity index (χ1n) is 9.26. The van der Waals surface area contributed by atoms with Crippen LogP contribution in [0.1, 0.15) is 19.7 Å². The van der Waals surface area contributed by atoms with Gasteiger partial charge in [-0.05, 0) is 47.2 Å². The second-order valence-corrected chi connectivity index (χ2v) is 6.59. The number of hydrogen-bond acceptors (Lipinski definition) is 6. The summed E-state index contributed by atoms with van der Waals surface area (Å²) in [6.45, 7) is 3.95. The van der Waals surface area contributed by atoms with Crippen molar-refractivity contribution in [2.45, 2.75) is 26.3 Å². The average molecular weight is 417 g/mol. The van der Waals surface area contributed by atoms with Crippen molar-refractivity contribution < 1.29 is 23.0 Å². The number of hydrogen-bond donors (Lipinski definition) is 1.